The third-order valence-electron chi connectivity index (χ3n) is 13.9. The van der Waals surface area contributed by atoms with E-state index in [0.717, 1.165) is 68.3 Å². The molecular formula is C82H84Cl2F8N2O18UVW. The SMILES string of the molecule is C.C.CC(=O)Oc1ccc(-c2ccc(F)cc2F)cc1C(=O)NCCCO.CC(=O)Oc1ccc(-c2ccc(F)cc2F)cc1C(=O)O.CC/C=C\CC(=O)Cl.CC/C=C\CC(=O)OCCCNC(=O)c1cc(-c2ccc(F)cc2F)ccc1OC(C)=O.CCl.COC(=O)c1cc(-c2ccc(F)cc2F)ccc1OC(C)=O.[U].[V].[W]. The number of nitrogens with one attached hydrogen (secondary N) is 2. The number of aliphatic hydroxyl groups excluding tert-OH is 1. The van der Waals surface area contributed by atoms with Gasteiger partial charge in [-0.05, 0) is 157 Å². The summed E-state index contributed by atoms with van der Waals surface area (Å²) in [5.74, 6) is -12.1. The maximum absolute atomic E-state index is 14.2. The van der Waals surface area contributed by atoms with Crippen molar-refractivity contribution in [1.29, 1.82) is 0 Å². The van der Waals surface area contributed by atoms with E-state index in [1.54, 1.807) is 12.2 Å². The summed E-state index contributed by atoms with van der Waals surface area (Å²) in [7, 11) is 1.17. The molecule has 0 aliphatic rings. The molecule has 8 aromatic carbocycles. The van der Waals surface area contributed by atoms with Crippen molar-refractivity contribution in [1.82, 2.24) is 10.6 Å². The van der Waals surface area contributed by atoms with Crippen LogP contribution < -0.4 is 29.6 Å². The first-order valence-electron chi connectivity index (χ1n) is 32.9. The number of rotatable bonds is 25. The maximum Gasteiger partial charge on any atom is 0.341 e. The number of ether oxygens (including phenoxy) is 6. The quantitative estimate of drug-likeness (QED) is 0.00786. The molecule has 0 unspecified atom stereocenters. The van der Waals surface area contributed by atoms with Crippen molar-refractivity contribution < 1.29 is 192 Å². The summed E-state index contributed by atoms with van der Waals surface area (Å²) >= 11 is 9.66. The molecule has 4 N–H and O–H groups in total. The van der Waals surface area contributed by atoms with Gasteiger partial charge >= 0.3 is 41.8 Å². The number of carboxylic acids is 1. The smallest absolute Gasteiger partial charge is 0.341 e. The van der Waals surface area contributed by atoms with Gasteiger partial charge in [-0.15, -0.1) is 11.6 Å². The van der Waals surface area contributed by atoms with Gasteiger partial charge in [0, 0.05) is 177 Å². The molecule has 33 heteroatoms. The number of aliphatic hydroxyl groups is 1. The van der Waals surface area contributed by atoms with Crippen LogP contribution in [0, 0.1) is 77.7 Å². The van der Waals surface area contributed by atoms with Gasteiger partial charge in [0.05, 0.1) is 31.3 Å². The molecular weight excluding hydrogens is 2000 g/mol. The van der Waals surface area contributed by atoms with Crippen LogP contribution in [-0.4, -0.2) is 109 Å². The van der Waals surface area contributed by atoms with E-state index in [4.69, 9.17) is 45.5 Å². The molecule has 615 valence electrons. The summed E-state index contributed by atoms with van der Waals surface area (Å²) in [6, 6.07) is 28.7. The zero-order valence-corrected chi connectivity index (χ0v) is 71.8. The van der Waals surface area contributed by atoms with Crippen LogP contribution in [0.2, 0.25) is 0 Å². The number of carbonyl (C=O) groups excluding carboxylic acids is 9. The number of amides is 2. The average Bonchev–Trinajstić information content (AvgIpc) is 0.824. The number of hydrogen-bond donors (Lipinski definition) is 4. The largest absolute Gasteiger partial charge is 0.478 e. The molecule has 0 saturated carbocycles. The van der Waals surface area contributed by atoms with Crippen LogP contribution in [0.1, 0.15) is 136 Å². The third kappa shape index (κ3) is 39.1. The molecule has 0 heterocycles. The Morgan fingerprint density at radius 2 is 0.730 bits per heavy atom. The zero-order valence-electron chi connectivity index (χ0n) is 61.8. The predicted molar refractivity (Wildman–Crippen MR) is 407 cm³/mol. The molecule has 0 saturated heterocycles. The zero-order chi connectivity index (χ0) is 82.2. The molecule has 0 aromatic heterocycles. The molecule has 20 nitrogen and oxygen atoms in total. The predicted octanol–water partition coefficient (Wildman–Crippen LogP) is 18.1. The molecule has 0 atom stereocenters. The van der Waals surface area contributed by atoms with E-state index in [2.05, 4.69) is 27.0 Å². The number of methoxy groups -OCH3 is 1. The minimum atomic E-state index is -1.32. The molecule has 8 rings (SSSR count). The number of esters is 6. The van der Waals surface area contributed by atoms with Crippen molar-refractivity contribution in [3.05, 3.63) is 239 Å². The second kappa shape index (κ2) is 58.3. The fourth-order valence-electron chi connectivity index (χ4n) is 9.13. The van der Waals surface area contributed by atoms with E-state index < -0.39 is 94.2 Å². The Morgan fingerprint density at radius 1 is 0.435 bits per heavy atom. The third-order valence-corrected chi connectivity index (χ3v) is 14.0. The molecule has 0 aliphatic carbocycles. The van der Waals surface area contributed by atoms with Crippen LogP contribution in [0.15, 0.2) is 170 Å². The number of allylic oxidation sites excluding steroid dienone is 3. The van der Waals surface area contributed by atoms with Crippen LogP contribution in [0.3, 0.4) is 0 Å². The van der Waals surface area contributed by atoms with Crippen LogP contribution >= 0.6 is 23.2 Å². The van der Waals surface area contributed by atoms with Gasteiger partial charge in [-0.2, -0.15) is 0 Å². The molecule has 0 aliphatic heterocycles. The fourth-order valence-corrected chi connectivity index (χ4v) is 9.22. The van der Waals surface area contributed by atoms with Crippen molar-refractivity contribution in [2.24, 2.45) is 0 Å². The number of aromatic carboxylic acids is 1. The first-order valence-corrected chi connectivity index (χ1v) is 34.1. The summed E-state index contributed by atoms with van der Waals surface area (Å²) in [6.45, 7) is 9.16. The van der Waals surface area contributed by atoms with Gasteiger partial charge in [0.25, 0.3) is 11.8 Å². The van der Waals surface area contributed by atoms with Gasteiger partial charge in [-0.3, -0.25) is 38.4 Å². The maximum atomic E-state index is 14.2. The molecule has 8 aromatic rings. The van der Waals surface area contributed by atoms with E-state index in [1.165, 1.54) is 125 Å². The fraction of sp³-hybridized carbons (Fsp3) is 0.244. The Morgan fingerprint density at radius 3 is 1.02 bits per heavy atom. The van der Waals surface area contributed by atoms with Crippen molar-refractivity contribution in [3.63, 3.8) is 0 Å². The summed E-state index contributed by atoms with van der Waals surface area (Å²) in [5.41, 5.74) is 1.32. The first-order chi connectivity index (χ1) is 52.3. The molecule has 115 heavy (non-hydrogen) atoms. The second-order valence-electron chi connectivity index (χ2n) is 22.2. The van der Waals surface area contributed by atoms with Gasteiger partial charge in [0.1, 0.15) is 80.7 Å². The van der Waals surface area contributed by atoms with E-state index in [1.807, 2.05) is 26.0 Å². The minimum absolute atomic E-state index is 0. The van der Waals surface area contributed by atoms with E-state index in [-0.39, 0.29) is 203 Å². The van der Waals surface area contributed by atoms with Crippen LogP contribution in [0.25, 0.3) is 44.5 Å². The number of benzene rings is 8. The standard InChI is InChI=1S/C24H25F2NO5.C18H17F2NO4.C16H12F2O4.C15H10F2O4.C6H9ClO.CH3Cl.2CH4.U.V.W/c1-3-4-5-7-23(29)31-13-6-12-27-24(30)20-14-17(8-11-22(20)32-16(2)28)19-10-9-18(25)15-21(19)26;1-11(23)25-17-6-3-12(14-5-4-13(19)10-16(14)20)9-15(17)18(24)21-7-2-8-22;1-9(19)22-15-6-3-10(7-13(15)16(20)21-2)12-5-4-11(17)8-14(12)18;1-8(18)21-14-5-2-9(6-12(14)15(19)20)11-4-3-10(16)7-13(11)17;1-2-3-4-5-6(7)8;1-2;;;;;/h4-5,8-11,14-15H,3,6-7,12-13H2,1-2H3,(H,27,30);3-6,9-10,22H,2,7-8H2,1H3,(H,21,24);3-8H,1-2H3;2-7H,1H3,(H,19,20);3-4H,2,5H2,1H3;1H3;2*1H4;;;/b5-4-;;;;4-3-;;;;;;. The van der Waals surface area contributed by atoms with E-state index in [0.29, 0.717) is 42.0 Å². The molecule has 1 radical (unpaired) electrons. The Labute approximate surface area is 720 Å². The molecule has 2 amide bonds. The number of halogens is 10. The summed E-state index contributed by atoms with van der Waals surface area (Å²) in [5, 5.41) is 22.8. The van der Waals surface area contributed by atoms with Crippen LogP contribution in [-0.2, 0) is 77.9 Å². The summed E-state index contributed by atoms with van der Waals surface area (Å²) < 4.78 is 137. The second-order valence-corrected chi connectivity index (χ2v) is 22.6. The number of carboxylic acid groups (broad SMARTS) is 1. The van der Waals surface area contributed by atoms with Crippen molar-refractivity contribution >= 4 is 82.0 Å². The van der Waals surface area contributed by atoms with Crippen molar-refractivity contribution in [2.45, 2.75) is 94.9 Å². The normalized spacial score (nSPS) is 9.83. The van der Waals surface area contributed by atoms with Gasteiger partial charge in [0.2, 0.25) is 5.24 Å². The molecule has 0 fully saturated rings. The van der Waals surface area contributed by atoms with Crippen LogP contribution in [0.5, 0.6) is 23.0 Å². The Hall–Kier alpha value is -9.56. The van der Waals surface area contributed by atoms with Gasteiger partial charge in [-0.1, -0.05) is 77.3 Å². The number of carbonyl (C=O) groups is 10. The monoisotopic (exact) mass is 2080 g/mol. The van der Waals surface area contributed by atoms with Gasteiger partial charge in [0.15, 0.2) is 0 Å². The van der Waals surface area contributed by atoms with Gasteiger partial charge < -0.3 is 49.3 Å². The van der Waals surface area contributed by atoms with Crippen molar-refractivity contribution in [2.75, 3.05) is 39.8 Å². The first kappa shape index (κ1) is 110. The summed E-state index contributed by atoms with van der Waals surface area (Å²) in [6.07, 6.45) is 11.9. The Balaban J connectivity index is -0.00000139. The number of alkyl halides is 1. The number of hydrogen-bond acceptors (Lipinski definition) is 17. The molecule has 0 bridgehead atoms. The average molecular weight is 2080 g/mol. The van der Waals surface area contributed by atoms with Crippen LogP contribution in [0.4, 0.5) is 35.1 Å². The summed E-state index contributed by atoms with van der Waals surface area (Å²) in [4.78, 5) is 114. The minimum Gasteiger partial charge on any atom is -0.478 e. The Bertz CT molecular complexity index is 4640. The van der Waals surface area contributed by atoms with Gasteiger partial charge in [-0.25, -0.2) is 44.7 Å². The Kier molecular flexibility index (Phi) is 55.6. The topological polar surface area (TPSA) is 291 Å². The van der Waals surface area contributed by atoms with E-state index >= 15 is 0 Å². The van der Waals surface area contributed by atoms with Crippen molar-refractivity contribution in [3.8, 4) is 67.5 Å². The van der Waals surface area contributed by atoms with E-state index in [9.17, 15) is 83.1 Å². The molecule has 0 spiro atoms.